The highest BCUT2D eigenvalue weighted by Gasteiger charge is 2.20. The lowest BCUT2D eigenvalue weighted by atomic mass is 10.0. The first-order chi connectivity index (χ1) is 15.5. The van der Waals surface area contributed by atoms with E-state index in [4.69, 9.17) is 5.11 Å². The Labute approximate surface area is 195 Å². The van der Waals surface area contributed by atoms with Gasteiger partial charge in [0.05, 0.1) is 0 Å². The molecule has 178 valence electrons. The van der Waals surface area contributed by atoms with Gasteiger partial charge in [0.15, 0.2) is 0 Å². The molecule has 2 N–H and O–H groups in total. The molecule has 0 aliphatic heterocycles. The second-order valence-electron chi connectivity index (χ2n) is 8.04. The lowest BCUT2D eigenvalue weighted by Crippen LogP contribution is -2.41. The van der Waals surface area contributed by atoms with Gasteiger partial charge >= 0.3 is 5.97 Å². The van der Waals surface area contributed by atoms with Crippen LogP contribution in [0.1, 0.15) is 78.6 Å². The van der Waals surface area contributed by atoms with Gasteiger partial charge in [0.1, 0.15) is 6.04 Å². The van der Waals surface area contributed by atoms with Crippen LogP contribution in [0.25, 0.3) is 0 Å². The fraction of sp³-hybridized carbons (Fsp3) is 0.500. The summed E-state index contributed by atoms with van der Waals surface area (Å²) < 4.78 is 0. The van der Waals surface area contributed by atoms with Crippen molar-refractivity contribution in [3.05, 3.63) is 72.9 Å². The zero-order chi connectivity index (χ0) is 23.9. The van der Waals surface area contributed by atoms with Crippen molar-refractivity contribution in [2.24, 2.45) is 5.92 Å². The van der Waals surface area contributed by atoms with Gasteiger partial charge in [0.2, 0.25) is 5.91 Å². The Morgan fingerprint density at radius 3 is 1.50 bits per heavy atom. The van der Waals surface area contributed by atoms with Crippen molar-refractivity contribution in [1.82, 2.24) is 5.32 Å². The normalized spacial score (nSPS) is 13.8. The highest BCUT2D eigenvalue weighted by Crippen LogP contribution is 2.06. The molecule has 32 heavy (non-hydrogen) atoms. The monoisotopic (exact) mass is 441 g/mol. The van der Waals surface area contributed by atoms with Crippen LogP contribution < -0.4 is 5.32 Å². The van der Waals surface area contributed by atoms with E-state index in [0.717, 1.165) is 38.5 Å². The van der Waals surface area contributed by atoms with Crippen molar-refractivity contribution in [3.63, 3.8) is 0 Å². The molecule has 0 aliphatic carbocycles. The molecule has 1 unspecified atom stereocenters. The molecule has 0 saturated heterocycles. The number of aliphatic carboxylic acids is 1. The summed E-state index contributed by atoms with van der Waals surface area (Å²) in [6.45, 7) is 6.03. The number of rotatable bonds is 18. The highest BCUT2D eigenvalue weighted by molar-refractivity contribution is 5.83. The Bertz CT molecular complexity index is 666. The highest BCUT2D eigenvalue weighted by atomic mass is 16.4. The fourth-order valence-corrected chi connectivity index (χ4v) is 2.81. The second kappa shape index (κ2) is 21.6. The average molecular weight is 442 g/mol. The van der Waals surface area contributed by atoms with Crippen LogP contribution in [-0.2, 0) is 9.59 Å². The molecule has 0 fully saturated rings. The Kier molecular flexibility index (Phi) is 19.8. The van der Waals surface area contributed by atoms with E-state index < -0.39 is 12.0 Å². The summed E-state index contributed by atoms with van der Waals surface area (Å²) >= 11 is 0. The molecule has 0 spiro atoms. The summed E-state index contributed by atoms with van der Waals surface area (Å²) in [6.07, 6.45) is 32.9. The van der Waals surface area contributed by atoms with Crippen LogP contribution in [0, 0.1) is 5.92 Å². The maximum absolute atomic E-state index is 11.9. The Morgan fingerprint density at radius 2 is 1.12 bits per heavy atom. The molecule has 1 amide bonds. The van der Waals surface area contributed by atoms with Gasteiger partial charge in [-0.2, -0.15) is 0 Å². The summed E-state index contributed by atoms with van der Waals surface area (Å²) in [4.78, 5) is 23.1. The van der Waals surface area contributed by atoms with Crippen molar-refractivity contribution in [2.45, 2.75) is 84.6 Å². The van der Waals surface area contributed by atoms with Crippen molar-refractivity contribution >= 4 is 11.9 Å². The number of allylic oxidation sites excluding steroid dienone is 12. The maximum Gasteiger partial charge on any atom is 0.326 e. The predicted molar refractivity (Wildman–Crippen MR) is 136 cm³/mol. The van der Waals surface area contributed by atoms with Crippen LogP contribution in [-0.4, -0.2) is 23.0 Å². The number of carbonyl (C=O) groups excluding carboxylic acids is 1. The first-order valence-electron chi connectivity index (χ1n) is 11.9. The molecule has 4 nitrogen and oxygen atoms in total. The number of hydrogen-bond acceptors (Lipinski definition) is 2. The Hall–Kier alpha value is -2.62. The number of nitrogens with one attached hydrogen (secondary N) is 1. The predicted octanol–water partition coefficient (Wildman–Crippen LogP) is 7.08. The molecule has 0 aliphatic rings. The molecule has 0 bridgehead atoms. The summed E-state index contributed by atoms with van der Waals surface area (Å²) in [5.41, 5.74) is 0. The van der Waals surface area contributed by atoms with Gasteiger partial charge in [0, 0.05) is 6.42 Å². The molecule has 1 atom stereocenters. The fourth-order valence-electron chi connectivity index (χ4n) is 2.81. The standard InChI is InChI=1S/C28H43NO3/c1-4-5-6-7-8-9-10-11-12-13-14-15-16-17-18-19-20-21-22-23-27(30)29-26(28(31)32)24-25(2)3/h5-6,8-9,11-12,14-15,17-18,20-21,25-26H,4,7,10,13,16,19,22-24H2,1-3H3,(H,29,30)(H,31,32)/b6-5-,9-8+,12-11+,15-14+,18-17+,21-20+. The largest absolute Gasteiger partial charge is 0.480 e. The minimum absolute atomic E-state index is 0.211. The quantitative estimate of drug-likeness (QED) is 0.223. The second-order valence-corrected chi connectivity index (χ2v) is 8.04. The third kappa shape index (κ3) is 20.6. The van der Waals surface area contributed by atoms with Gasteiger partial charge in [0.25, 0.3) is 0 Å². The SMILES string of the molecule is CC/C=C\C/C=C/C/C=C/C/C=C/C/C=C/C/C=C/CCC(=O)NC(CC(C)C)C(=O)O. The molecule has 0 heterocycles. The van der Waals surface area contributed by atoms with E-state index in [1.54, 1.807) is 0 Å². The van der Waals surface area contributed by atoms with Crippen molar-refractivity contribution in [1.29, 1.82) is 0 Å². The topological polar surface area (TPSA) is 66.4 Å². The van der Waals surface area contributed by atoms with Crippen LogP contribution in [0.3, 0.4) is 0 Å². The first-order valence-corrected chi connectivity index (χ1v) is 11.9. The van der Waals surface area contributed by atoms with Crippen molar-refractivity contribution < 1.29 is 14.7 Å². The minimum atomic E-state index is -0.971. The van der Waals surface area contributed by atoms with Crippen LogP contribution in [0.2, 0.25) is 0 Å². The van der Waals surface area contributed by atoms with Crippen LogP contribution >= 0.6 is 0 Å². The van der Waals surface area contributed by atoms with Gasteiger partial charge in [-0.05, 0) is 57.3 Å². The molecular weight excluding hydrogens is 398 g/mol. The van der Waals surface area contributed by atoms with E-state index in [2.05, 4.69) is 73.0 Å². The van der Waals surface area contributed by atoms with E-state index in [1.807, 2.05) is 26.0 Å². The number of carboxylic acid groups (broad SMARTS) is 1. The number of amides is 1. The average Bonchev–Trinajstić information content (AvgIpc) is 2.74. The number of hydrogen-bond donors (Lipinski definition) is 2. The molecular formula is C28H43NO3. The maximum atomic E-state index is 11.9. The van der Waals surface area contributed by atoms with E-state index in [0.29, 0.717) is 19.3 Å². The van der Waals surface area contributed by atoms with Crippen LogP contribution in [0.5, 0.6) is 0 Å². The van der Waals surface area contributed by atoms with Crippen molar-refractivity contribution in [3.8, 4) is 0 Å². The lowest BCUT2D eigenvalue weighted by Gasteiger charge is -2.16. The zero-order valence-corrected chi connectivity index (χ0v) is 20.2. The van der Waals surface area contributed by atoms with Crippen LogP contribution in [0.15, 0.2) is 72.9 Å². The summed E-state index contributed by atoms with van der Waals surface area (Å²) in [5.74, 6) is -0.960. The van der Waals surface area contributed by atoms with Crippen molar-refractivity contribution in [2.75, 3.05) is 0 Å². The Morgan fingerprint density at radius 1 is 0.719 bits per heavy atom. The molecule has 0 rings (SSSR count). The third-order valence-electron chi connectivity index (χ3n) is 4.48. The smallest absolute Gasteiger partial charge is 0.326 e. The summed E-state index contributed by atoms with van der Waals surface area (Å²) in [5, 5.41) is 11.8. The Balaban J connectivity index is 3.79. The third-order valence-corrected chi connectivity index (χ3v) is 4.48. The first kappa shape index (κ1) is 29.4. The number of carboxylic acids is 1. The summed E-state index contributed by atoms with van der Waals surface area (Å²) in [7, 11) is 0. The number of carbonyl (C=O) groups is 2. The molecule has 0 aromatic rings. The zero-order valence-electron chi connectivity index (χ0n) is 20.2. The molecule has 4 heteroatoms. The van der Waals surface area contributed by atoms with E-state index in [-0.39, 0.29) is 11.8 Å². The molecule has 0 saturated carbocycles. The van der Waals surface area contributed by atoms with Gasteiger partial charge in [-0.3, -0.25) is 4.79 Å². The molecule has 0 aromatic heterocycles. The van der Waals surface area contributed by atoms with Gasteiger partial charge in [-0.25, -0.2) is 4.79 Å². The van der Waals surface area contributed by atoms with Gasteiger partial charge < -0.3 is 10.4 Å². The van der Waals surface area contributed by atoms with Gasteiger partial charge in [-0.1, -0.05) is 93.7 Å². The summed E-state index contributed by atoms with van der Waals surface area (Å²) in [6, 6.07) is -0.798. The minimum Gasteiger partial charge on any atom is -0.480 e. The van der Waals surface area contributed by atoms with E-state index in [9.17, 15) is 9.59 Å². The van der Waals surface area contributed by atoms with Crippen LogP contribution in [0.4, 0.5) is 0 Å². The molecule has 0 aromatic carbocycles. The van der Waals surface area contributed by atoms with E-state index >= 15 is 0 Å². The van der Waals surface area contributed by atoms with E-state index in [1.165, 1.54) is 0 Å². The molecule has 0 radical (unpaired) electrons. The lowest BCUT2D eigenvalue weighted by molar-refractivity contribution is -0.142. The van der Waals surface area contributed by atoms with Gasteiger partial charge in [-0.15, -0.1) is 0 Å².